The molecule has 0 saturated carbocycles. The minimum absolute atomic E-state index is 0.154. The number of imidazole rings is 1. The second-order valence-electron chi connectivity index (χ2n) is 18.3. The first kappa shape index (κ1) is 41.2. The summed E-state index contributed by atoms with van der Waals surface area (Å²) < 4.78 is 2.27. The number of fused-ring (bicyclic) bond motifs is 1. The van der Waals surface area contributed by atoms with E-state index >= 15 is 0 Å². The SMILES string of the molecule is Cc1cc(C)c(O)c(-c2nc3c(-c4cc(-c5cc(-c6ccc(-c7ccccc7)cc6)ccn5)cc(C(C)(C)C)c4)cccc3n2-c2cc(-c3ccccc3)c(C)cc2-c2ccccc2)c1. The molecule has 4 nitrogen and oxygen atoms in total. The lowest BCUT2D eigenvalue weighted by Gasteiger charge is -2.22. The summed E-state index contributed by atoms with van der Waals surface area (Å²) in [4.78, 5) is 10.6. The van der Waals surface area contributed by atoms with E-state index < -0.39 is 0 Å². The van der Waals surface area contributed by atoms with Crippen molar-refractivity contribution in [1.29, 1.82) is 0 Å². The van der Waals surface area contributed by atoms with Gasteiger partial charge in [-0.1, -0.05) is 160 Å². The Labute approximate surface area is 382 Å². The van der Waals surface area contributed by atoms with E-state index in [9.17, 15) is 5.11 Å². The average Bonchev–Trinajstić information content (AvgIpc) is 3.72. The molecule has 0 atom stereocenters. The highest BCUT2D eigenvalue weighted by molar-refractivity contribution is 5.98. The Bertz CT molecular complexity index is 3360. The summed E-state index contributed by atoms with van der Waals surface area (Å²) in [5.74, 6) is 0.902. The Balaban J connectivity index is 1.20. The van der Waals surface area contributed by atoms with Gasteiger partial charge in [-0.3, -0.25) is 9.55 Å². The number of benzene rings is 8. The fourth-order valence-electron chi connectivity index (χ4n) is 9.16. The van der Waals surface area contributed by atoms with Crippen LogP contribution in [-0.4, -0.2) is 19.6 Å². The first-order valence-corrected chi connectivity index (χ1v) is 22.4. The average molecular weight is 842 g/mol. The quantitative estimate of drug-likeness (QED) is 0.166. The van der Waals surface area contributed by atoms with Gasteiger partial charge < -0.3 is 5.11 Å². The van der Waals surface area contributed by atoms with Gasteiger partial charge in [-0.15, -0.1) is 0 Å². The largest absolute Gasteiger partial charge is 0.507 e. The normalized spacial score (nSPS) is 11.6. The standard InChI is InChI=1S/C61H51N3O/c1-39-31-41(3)59(65)54(32-39)60-63-58-51(23-16-24-56(58)64(60)57-38-52(45-19-12-8-13-20-45)40(2)33-53(57)46-21-14-9-15-22-46)48-34-49(36-50(35-48)61(4,5)6)55-37-47(29-30-62-55)44-27-25-43(26-28-44)42-17-10-7-11-18-42/h7-38,65H,1-6H3. The zero-order chi connectivity index (χ0) is 44.8. The van der Waals surface area contributed by atoms with Gasteiger partial charge in [0.15, 0.2) is 0 Å². The van der Waals surface area contributed by atoms with Crippen molar-refractivity contribution < 1.29 is 5.11 Å². The van der Waals surface area contributed by atoms with Crippen LogP contribution in [0, 0.1) is 20.8 Å². The van der Waals surface area contributed by atoms with Gasteiger partial charge in [-0.25, -0.2) is 4.98 Å². The van der Waals surface area contributed by atoms with Crippen LogP contribution in [0.3, 0.4) is 0 Å². The number of phenols is 1. The van der Waals surface area contributed by atoms with E-state index in [0.717, 1.165) is 83.6 Å². The molecule has 0 aliphatic rings. The van der Waals surface area contributed by atoms with Gasteiger partial charge >= 0.3 is 0 Å². The number of hydrogen-bond acceptors (Lipinski definition) is 3. The molecule has 10 rings (SSSR count). The third kappa shape index (κ3) is 7.93. The molecule has 65 heavy (non-hydrogen) atoms. The molecule has 4 heteroatoms. The molecular formula is C61H51N3O. The molecule has 0 fully saturated rings. The van der Waals surface area contributed by atoms with Gasteiger partial charge in [0.05, 0.1) is 28.0 Å². The van der Waals surface area contributed by atoms with Crippen LogP contribution in [0.2, 0.25) is 0 Å². The highest BCUT2D eigenvalue weighted by atomic mass is 16.3. The van der Waals surface area contributed by atoms with Gasteiger partial charge in [-0.05, 0) is 141 Å². The molecule has 0 aliphatic carbocycles. The molecule has 0 amide bonds. The Hall–Kier alpha value is -7.82. The van der Waals surface area contributed by atoms with Crippen molar-refractivity contribution in [3.63, 3.8) is 0 Å². The van der Waals surface area contributed by atoms with Crippen LogP contribution in [0.4, 0.5) is 0 Å². The maximum absolute atomic E-state index is 11.9. The molecule has 0 bridgehead atoms. The fourth-order valence-corrected chi connectivity index (χ4v) is 9.16. The topological polar surface area (TPSA) is 50.9 Å². The molecular weight excluding hydrogens is 791 g/mol. The summed E-state index contributed by atoms with van der Waals surface area (Å²) in [6.07, 6.45) is 1.92. The van der Waals surface area contributed by atoms with Crippen molar-refractivity contribution in [1.82, 2.24) is 14.5 Å². The van der Waals surface area contributed by atoms with Crippen LogP contribution in [0.1, 0.15) is 43.0 Å². The summed E-state index contributed by atoms with van der Waals surface area (Å²) in [5, 5.41) is 11.9. The Morgan fingerprint density at radius 1 is 0.446 bits per heavy atom. The molecule has 2 heterocycles. The van der Waals surface area contributed by atoms with Crippen molar-refractivity contribution in [2.75, 3.05) is 0 Å². The van der Waals surface area contributed by atoms with Crippen molar-refractivity contribution >= 4 is 11.0 Å². The van der Waals surface area contributed by atoms with Crippen molar-refractivity contribution in [3.8, 4) is 89.7 Å². The van der Waals surface area contributed by atoms with Crippen molar-refractivity contribution in [3.05, 3.63) is 217 Å². The lowest BCUT2D eigenvalue weighted by Crippen LogP contribution is -2.11. The molecule has 1 N–H and O–H groups in total. The molecule has 2 aromatic heterocycles. The van der Waals surface area contributed by atoms with E-state index in [4.69, 9.17) is 9.97 Å². The molecule has 0 unspecified atom stereocenters. The number of aromatic hydroxyl groups is 1. The summed E-state index contributed by atoms with van der Waals surface area (Å²) in [6, 6.07) is 66.7. The highest BCUT2D eigenvalue weighted by Crippen LogP contribution is 2.44. The van der Waals surface area contributed by atoms with E-state index in [2.05, 4.69) is 215 Å². The number of phenolic OH excluding ortho intramolecular Hbond substituents is 1. The number of para-hydroxylation sites is 1. The first-order chi connectivity index (χ1) is 31.5. The monoisotopic (exact) mass is 841 g/mol. The second kappa shape index (κ2) is 16.7. The molecule has 10 aromatic rings. The summed E-state index contributed by atoms with van der Waals surface area (Å²) in [5.41, 5.74) is 20.6. The van der Waals surface area contributed by atoms with Crippen LogP contribution < -0.4 is 0 Å². The minimum atomic E-state index is -0.154. The second-order valence-corrected chi connectivity index (χ2v) is 18.3. The van der Waals surface area contributed by atoms with Crippen LogP contribution in [-0.2, 0) is 5.41 Å². The summed E-state index contributed by atoms with van der Waals surface area (Å²) >= 11 is 0. The van der Waals surface area contributed by atoms with Gasteiger partial charge in [-0.2, -0.15) is 0 Å². The maximum atomic E-state index is 11.9. The molecule has 0 saturated heterocycles. The molecule has 316 valence electrons. The fraction of sp³-hybridized carbons (Fsp3) is 0.115. The van der Waals surface area contributed by atoms with Crippen LogP contribution >= 0.6 is 0 Å². The summed E-state index contributed by atoms with van der Waals surface area (Å²) in [6.45, 7) is 13.0. The maximum Gasteiger partial charge on any atom is 0.149 e. The van der Waals surface area contributed by atoms with E-state index in [1.54, 1.807) is 0 Å². The number of pyridine rings is 1. The molecule has 8 aromatic carbocycles. The van der Waals surface area contributed by atoms with Crippen LogP contribution in [0.5, 0.6) is 5.75 Å². The zero-order valence-electron chi connectivity index (χ0n) is 37.8. The molecule has 0 aliphatic heterocycles. The Morgan fingerprint density at radius 2 is 1.05 bits per heavy atom. The van der Waals surface area contributed by atoms with E-state index in [1.807, 2.05) is 25.3 Å². The van der Waals surface area contributed by atoms with Gasteiger partial charge in [0.2, 0.25) is 0 Å². The number of hydrogen-bond donors (Lipinski definition) is 1. The Morgan fingerprint density at radius 3 is 1.71 bits per heavy atom. The first-order valence-electron chi connectivity index (χ1n) is 22.4. The minimum Gasteiger partial charge on any atom is -0.507 e. The predicted octanol–water partition coefficient (Wildman–Crippen LogP) is 16.0. The van der Waals surface area contributed by atoms with E-state index in [1.165, 1.54) is 22.3 Å². The lowest BCUT2D eigenvalue weighted by atomic mass is 9.83. The Kier molecular flexibility index (Phi) is 10.6. The van der Waals surface area contributed by atoms with Crippen molar-refractivity contribution in [2.24, 2.45) is 0 Å². The number of rotatable bonds is 8. The van der Waals surface area contributed by atoms with Gasteiger partial charge in [0.25, 0.3) is 0 Å². The predicted molar refractivity (Wildman–Crippen MR) is 271 cm³/mol. The molecule has 0 radical (unpaired) electrons. The third-order valence-corrected chi connectivity index (χ3v) is 12.6. The van der Waals surface area contributed by atoms with Crippen LogP contribution in [0.25, 0.3) is 95.0 Å². The van der Waals surface area contributed by atoms with E-state index in [0.29, 0.717) is 11.4 Å². The lowest BCUT2D eigenvalue weighted by molar-refractivity contribution is 0.472. The van der Waals surface area contributed by atoms with E-state index in [-0.39, 0.29) is 11.2 Å². The number of nitrogens with zero attached hydrogens (tertiary/aromatic N) is 3. The highest BCUT2D eigenvalue weighted by Gasteiger charge is 2.25. The zero-order valence-corrected chi connectivity index (χ0v) is 37.8. The smallest absolute Gasteiger partial charge is 0.149 e. The third-order valence-electron chi connectivity index (χ3n) is 12.6. The van der Waals surface area contributed by atoms with Gasteiger partial charge in [0, 0.05) is 22.9 Å². The molecule has 0 spiro atoms. The summed E-state index contributed by atoms with van der Waals surface area (Å²) in [7, 11) is 0. The van der Waals surface area contributed by atoms with Gasteiger partial charge in [0.1, 0.15) is 11.6 Å². The number of aryl methyl sites for hydroxylation is 3. The van der Waals surface area contributed by atoms with Crippen molar-refractivity contribution in [2.45, 2.75) is 47.0 Å². The number of aromatic nitrogens is 3. The van der Waals surface area contributed by atoms with Crippen LogP contribution in [0.15, 0.2) is 194 Å².